The van der Waals surface area contributed by atoms with E-state index in [1.165, 1.54) is 22.3 Å². The highest BCUT2D eigenvalue weighted by atomic mass is 32.1. The van der Waals surface area contributed by atoms with Gasteiger partial charge in [-0.05, 0) is 63.5 Å². The molecule has 14 nitrogen and oxygen atoms in total. The summed E-state index contributed by atoms with van der Waals surface area (Å²) in [6, 6.07) is 5.28. The number of aromatic nitrogens is 2. The normalized spacial score (nSPS) is 23.2. The number of amides is 3. The first-order valence-corrected chi connectivity index (χ1v) is 19.3. The van der Waals surface area contributed by atoms with Crippen LogP contribution in [-0.4, -0.2) is 93.4 Å². The molecule has 6 rings (SSSR count). The van der Waals surface area contributed by atoms with Crippen LogP contribution in [0.3, 0.4) is 0 Å². The van der Waals surface area contributed by atoms with Crippen LogP contribution in [0.15, 0.2) is 42.3 Å². The molecular weight excluding hydrogens is 713 g/mol. The summed E-state index contributed by atoms with van der Waals surface area (Å²) in [5, 5.41) is 22.2. The standard InChI is InChI=1S/C39H50N6O8S/c1-8-22-18-39(22,35(48)49)44-33(46)28-16-24(19-45(28)34(47)32(38(4,5)6)43-37(50)53-23-12-9-10-13-23)52-30-17-26(27-20-54-36(42-27)40-21(2)3)41-31-25(30)14-11-15-29(31)51-7/h8,11,14-15,17,20-24,28,32H,1,9-10,12-13,16,18-19H2,2-7H3,(H,40,42)(H,43,50)(H,44,46)(H,48,49)/t22?,24-,28+,32?,39-/m1/s1. The molecule has 15 heteroatoms. The zero-order valence-electron chi connectivity index (χ0n) is 31.6. The summed E-state index contributed by atoms with van der Waals surface area (Å²) in [6.07, 6.45) is 3.61. The molecule has 2 aliphatic carbocycles. The molecule has 1 saturated heterocycles. The van der Waals surface area contributed by atoms with Gasteiger partial charge in [0.15, 0.2) is 5.13 Å². The van der Waals surface area contributed by atoms with Gasteiger partial charge in [-0.2, -0.15) is 0 Å². The van der Waals surface area contributed by atoms with Crippen LogP contribution in [0, 0.1) is 11.3 Å². The molecule has 54 heavy (non-hydrogen) atoms. The number of ether oxygens (including phenoxy) is 3. The average Bonchev–Trinajstić information content (AvgIpc) is 3.53. The number of fused-ring (bicyclic) bond motifs is 1. The van der Waals surface area contributed by atoms with Crippen molar-refractivity contribution in [1.82, 2.24) is 25.5 Å². The summed E-state index contributed by atoms with van der Waals surface area (Å²) in [7, 11) is 1.56. The second-order valence-electron chi connectivity index (χ2n) is 15.7. The SMILES string of the molecule is C=CC1C[C@]1(NC(=O)[C@@H]1C[C@@H](Oc2cc(-c3csc(NC(C)C)n3)nc3c(OC)cccc23)CN1C(=O)C(NC(=O)OC1CCCC1)C(C)(C)C)C(=O)O. The van der Waals surface area contributed by atoms with E-state index >= 15 is 0 Å². The molecule has 3 aromatic rings. The molecule has 2 unspecified atom stereocenters. The van der Waals surface area contributed by atoms with Crippen molar-refractivity contribution in [3.63, 3.8) is 0 Å². The van der Waals surface area contributed by atoms with Gasteiger partial charge in [-0.1, -0.05) is 32.9 Å². The first kappa shape index (κ1) is 38.8. The zero-order chi connectivity index (χ0) is 38.9. The number of methoxy groups -OCH3 is 1. The molecule has 5 atom stereocenters. The van der Waals surface area contributed by atoms with E-state index < -0.39 is 58.9 Å². The fourth-order valence-corrected chi connectivity index (χ4v) is 8.14. The van der Waals surface area contributed by atoms with E-state index in [-0.39, 0.29) is 31.5 Å². The van der Waals surface area contributed by atoms with E-state index in [1.807, 2.05) is 52.1 Å². The number of aliphatic carboxylic acids is 1. The zero-order valence-corrected chi connectivity index (χ0v) is 32.5. The first-order valence-electron chi connectivity index (χ1n) is 18.5. The number of hydrogen-bond donors (Lipinski definition) is 4. The highest BCUT2D eigenvalue weighted by Crippen LogP contribution is 2.45. The van der Waals surface area contributed by atoms with Gasteiger partial charge in [0.2, 0.25) is 11.8 Å². The third-order valence-corrected chi connectivity index (χ3v) is 11.1. The van der Waals surface area contributed by atoms with Gasteiger partial charge in [0.05, 0.1) is 19.3 Å². The smallest absolute Gasteiger partial charge is 0.408 e. The molecule has 2 aromatic heterocycles. The number of carboxylic acid groups (broad SMARTS) is 1. The molecule has 0 bridgehead atoms. The van der Waals surface area contributed by atoms with E-state index in [9.17, 15) is 24.3 Å². The number of para-hydroxylation sites is 1. The van der Waals surface area contributed by atoms with Gasteiger partial charge in [0.1, 0.15) is 52.5 Å². The Bertz CT molecular complexity index is 1920. The van der Waals surface area contributed by atoms with Crippen LogP contribution in [0.1, 0.15) is 73.1 Å². The van der Waals surface area contributed by atoms with Crippen molar-refractivity contribution < 1.29 is 38.5 Å². The number of anilines is 1. The molecule has 4 N–H and O–H groups in total. The molecule has 3 aliphatic rings. The largest absolute Gasteiger partial charge is 0.494 e. The third kappa shape index (κ3) is 8.10. The summed E-state index contributed by atoms with van der Waals surface area (Å²) >= 11 is 1.45. The predicted molar refractivity (Wildman–Crippen MR) is 205 cm³/mol. The van der Waals surface area contributed by atoms with Gasteiger partial charge >= 0.3 is 12.1 Å². The molecule has 3 fully saturated rings. The van der Waals surface area contributed by atoms with Crippen LogP contribution < -0.4 is 25.4 Å². The van der Waals surface area contributed by atoms with Gasteiger partial charge in [-0.3, -0.25) is 9.59 Å². The average molecular weight is 763 g/mol. The number of carboxylic acids is 1. The maximum absolute atomic E-state index is 14.6. The molecule has 0 spiro atoms. The van der Waals surface area contributed by atoms with Gasteiger partial charge in [-0.15, -0.1) is 17.9 Å². The topological polar surface area (TPSA) is 181 Å². The molecule has 290 valence electrons. The Kier molecular flexibility index (Phi) is 11.1. The summed E-state index contributed by atoms with van der Waals surface area (Å²) < 4.78 is 18.0. The lowest BCUT2D eigenvalue weighted by Crippen LogP contribution is -2.59. The van der Waals surface area contributed by atoms with Crippen LogP contribution in [0.4, 0.5) is 9.93 Å². The summed E-state index contributed by atoms with van der Waals surface area (Å²) in [6.45, 7) is 13.2. The molecule has 3 amide bonds. The van der Waals surface area contributed by atoms with Crippen molar-refractivity contribution in [2.45, 2.75) is 109 Å². The van der Waals surface area contributed by atoms with Crippen molar-refractivity contribution in [2.24, 2.45) is 11.3 Å². The second-order valence-corrected chi connectivity index (χ2v) is 16.6. The van der Waals surface area contributed by atoms with Crippen molar-refractivity contribution >= 4 is 51.2 Å². The number of alkyl carbamates (subject to hydrolysis) is 1. The number of rotatable bonds is 13. The van der Waals surface area contributed by atoms with Crippen LogP contribution in [0.2, 0.25) is 0 Å². The Morgan fingerprint density at radius 3 is 2.46 bits per heavy atom. The minimum absolute atomic E-state index is 0.0178. The maximum atomic E-state index is 14.6. The molecule has 0 radical (unpaired) electrons. The van der Waals surface area contributed by atoms with E-state index in [2.05, 4.69) is 22.5 Å². The van der Waals surface area contributed by atoms with Gasteiger partial charge in [-0.25, -0.2) is 19.6 Å². The fraction of sp³-hybridized carbons (Fsp3) is 0.538. The Morgan fingerprint density at radius 1 is 1.09 bits per heavy atom. The third-order valence-electron chi connectivity index (χ3n) is 10.3. The predicted octanol–water partition coefficient (Wildman–Crippen LogP) is 5.76. The molecular formula is C39H50N6O8S. The minimum atomic E-state index is -1.51. The number of nitrogens with one attached hydrogen (secondary N) is 3. The lowest BCUT2D eigenvalue weighted by Gasteiger charge is -2.35. The van der Waals surface area contributed by atoms with E-state index in [0.717, 1.165) is 30.8 Å². The quantitative estimate of drug-likeness (QED) is 0.155. The Hall–Kier alpha value is -4.92. The number of thiazole rings is 1. The molecule has 2 saturated carbocycles. The maximum Gasteiger partial charge on any atom is 0.408 e. The Morgan fingerprint density at radius 2 is 1.83 bits per heavy atom. The molecule has 1 aliphatic heterocycles. The number of pyridine rings is 1. The Balaban J connectivity index is 1.33. The van der Waals surface area contributed by atoms with Crippen molar-refractivity contribution in [2.75, 3.05) is 19.0 Å². The lowest BCUT2D eigenvalue weighted by atomic mass is 9.85. The lowest BCUT2D eigenvalue weighted by molar-refractivity contribution is -0.146. The van der Waals surface area contributed by atoms with Gasteiger partial charge in [0.25, 0.3) is 0 Å². The van der Waals surface area contributed by atoms with Crippen LogP contribution in [0.5, 0.6) is 11.5 Å². The summed E-state index contributed by atoms with van der Waals surface area (Å²) in [4.78, 5) is 65.2. The minimum Gasteiger partial charge on any atom is -0.494 e. The monoisotopic (exact) mass is 762 g/mol. The summed E-state index contributed by atoms with van der Waals surface area (Å²) in [5.41, 5.74) is -0.569. The van der Waals surface area contributed by atoms with E-state index in [0.29, 0.717) is 33.8 Å². The highest BCUT2D eigenvalue weighted by molar-refractivity contribution is 7.14. The fourth-order valence-electron chi connectivity index (χ4n) is 7.29. The number of carbonyl (C=O) groups is 4. The van der Waals surface area contributed by atoms with Crippen molar-refractivity contribution in [1.29, 1.82) is 0 Å². The first-order chi connectivity index (χ1) is 25.6. The number of likely N-dealkylation sites (tertiary alicyclic amines) is 1. The van der Waals surface area contributed by atoms with E-state index in [4.69, 9.17) is 24.2 Å². The second kappa shape index (κ2) is 15.4. The van der Waals surface area contributed by atoms with Gasteiger partial charge < -0.3 is 40.2 Å². The van der Waals surface area contributed by atoms with Crippen molar-refractivity contribution in [3.05, 3.63) is 42.3 Å². The van der Waals surface area contributed by atoms with E-state index in [1.54, 1.807) is 19.2 Å². The van der Waals surface area contributed by atoms with Gasteiger partial charge in [0, 0.05) is 35.2 Å². The molecule has 3 heterocycles. The number of carbonyl (C=O) groups excluding carboxylic acids is 3. The number of benzene rings is 1. The number of nitrogens with zero attached hydrogens (tertiary/aromatic N) is 3. The van der Waals surface area contributed by atoms with Crippen LogP contribution in [0.25, 0.3) is 22.3 Å². The Labute approximate surface area is 319 Å². The van der Waals surface area contributed by atoms with Crippen LogP contribution >= 0.6 is 11.3 Å². The number of hydrogen-bond acceptors (Lipinski definition) is 11. The highest BCUT2D eigenvalue weighted by Gasteiger charge is 2.61. The summed E-state index contributed by atoms with van der Waals surface area (Å²) in [5.74, 6) is -1.79. The molecule has 1 aromatic carbocycles. The van der Waals surface area contributed by atoms with Crippen LogP contribution in [-0.2, 0) is 19.1 Å². The van der Waals surface area contributed by atoms with Crippen molar-refractivity contribution in [3.8, 4) is 22.9 Å².